The van der Waals surface area contributed by atoms with Crippen molar-refractivity contribution >= 4 is 23.2 Å². The lowest BCUT2D eigenvalue weighted by Gasteiger charge is -2.11. The van der Waals surface area contributed by atoms with E-state index in [-0.39, 0.29) is 0 Å². The zero-order chi connectivity index (χ0) is 27.7. The summed E-state index contributed by atoms with van der Waals surface area (Å²) in [5.74, 6) is 2.77. The van der Waals surface area contributed by atoms with Crippen LogP contribution >= 0.6 is 11.3 Å². The molecule has 0 atom stereocenters. The molecule has 0 N–H and O–H groups in total. The van der Waals surface area contributed by atoms with Gasteiger partial charge in [-0.25, -0.2) is 9.67 Å². The Morgan fingerprint density at radius 3 is 2.25 bits per heavy atom. The van der Waals surface area contributed by atoms with Gasteiger partial charge in [0.2, 0.25) is 4.80 Å². The molecule has 4 aromatic carbocycles. The van der Waals surface area contributed by atoms with Crippen LogP contribution in [0.5, 0.6) is 23.0 Å². The van der Waals surface area contributed by atoms with E-state index >= 15 is 0 Å². The van der Waals surface area contributed by atoms with E-state index in [4.69, 9.17) is 29.0 Å². The Bertz CT molecular complexity index is 1660. The molecule has 0 aliphatic rings. The topological polar surface area (TPSA) is 66.6 Å². The van der Waals surface area contributed by atoms with E-state index < -0.39 is 0 Å². The number of thiazole rings is 1. The average Bonchev–Trinajstić information content (AvgIpc) is 3.41. The van der Waals surface area contributed by atoms with Crippen molar-refractivity contribution in [1.82, 2.24) is 4.68 Å². The highest BCUT2D eigenvalue weighted by atomic mass is 32.1. The number of methoxy groups -OCH3 is 3. The minimum absolute atomic E-state index is 0.431. The molecule has 202 valence electrons. The van der Waals surface area contributed by atoms with Gasteiger partial charge >= 0.3 is 0 Å². The number of ether oxygens (including phenoxy) is 4. The van der Waals surface area contributed by atoms with Gasteiger partial charge in [0.1, 0.15) is 23.8 Å². The lowest BCUT2D eigenvalue weighted by atomic mass is 10.2. The second kappa shape index (κ2) is 12.8. The first kappa shape index (κ1) is 26.8. The maximum absolute atomic E-state index is 6.10. The molecule has 0 spiro atoms. The van der Waals surface area contributed by atoms with Crippen molar-refractivity contribution in [3.05, 3.63) is 118 Å². The van der Waals surface area contributed by atoms with E-state index in [1.165, 1.54) is 11.3 Å². The number of hydrogen-bond acceptors (Lipinski definition) is 7. The van der Waals surface area contributed by atoms with Gasteiger partial charge < -0.3 is 18.9 Å². The Balaban J connectivity index is 1.53. The summed E-state index contributed by atoms with van der Waals surface area (Å²) in [6.45, 7) is 0.431. The highest BCUT2D eigenvalue weighted by molar-refractivity contribution is 7.07. The first-order valence-corrected chi connectivity index (χ1v) is 13.5. The number of para-hydroxylation sites is 2. The number of benzene rings is 4. The largest absolute Gasteiger partial charge is 0.497 e. The van der Waals surface area contributed by atoms with Gasteiger partial charge in [-0.15, -0.1) is 11.3 Å². The number of rotatable bonds is 10. The van der Waals surface area contributed by atoms with Crippen molar-refractivity contribution in [2.75, 3.05) is 21.3 Å². The molecule has 1 aromatic heterocycles. The normalized spacial score (nSPS) is 11.5. The Labute approximate surface area is 237 Å². The summed E-state index contributed by atoms with van der Waals surface area (Å²) in [5.41, 5.74) is 4.53. The summed E-state index contributed by atoms with van der Waals surface area (Å²) in [4.78, 5) is 5.58. The van der Waals surface area contributed by atoms with Crippen molar-refractivity contribution in [3.8, 4) is 34.3 Å². The van der Waals surface area contributed by atoms with Gasteiger partial charge in [-0.1, -0.05) is 42.5 Å². The fraction of sp³-hybridized carbons (Fsp3) is 0.125. The quantitative estimate of drug-likeness (QED) is 0.177. The van der Waals surface area contributed by atoms with Crippen LogP contribution in [0.4, 0.5) is 5.69 Å². The molecule has 0 saturated carbocycles. The zero-order valence-electron chi connectivity index (χ0n) is 22.5. The van der Waals surface area contributed by atoms with Gasteiger partial charge in [-0.2, -0.15) is 5.10 Å². The van der Waals surface area contributed by atoms with Crippen molar-refractivity contribution in [3.63, 3.8) is 0 Å². The molecule has 7 nitrogen and oxygen atoms in total. The van der Waals surface area contributed by atoms with Crippen molar-refractivity contribution in [2.45, 2.75) is 6.61 Å². The molecule has 0 fully saturated rings. The van der Waals surface area contributed by atoms with Gasteiger partial charge in [-0.3, -0.25) is 0 Å². The minimum Gasteiger partial charge on any atom is -0.497 e. The van der Waals surface area contributed by atoms with Crippen LogP contribution in [0.3, 0.4) is 0 Å². The van der Waals surface area contributed by atoms with Gasteiger partial charge in [0.25, 0.3) is 0 Å². The molecule has 0 aliphatic carbocycles. The van der Waals surface area contributed by atoms with Crippen LogP contribution < -0.4 is 23.7 Å². The van der Waals surface area contributed by atoms with Gasteiger partial charge in [0, 0.05) is 10.9 Å². The van der Waals surface area contributed by atoms with E-state index in [0.717, 1.165) is 33.8 Å². The fourth-order valence-corrected chi connectivity index (χ4v) is 4.87. The van der Waals surface area contributed by atoms with Gasteiger partial charge in [-0.05, 0) is 65.7 Å². The highest BCUT2D eigenvalue weighted by Crippen LogP contribution is 2.29. The molecule has 0 radical (unpaired) electrons. The van der Waals surface area contributed by atoms with Crippen molar-refractivity contribution < 1.29 is 18.9 Å². The predicted molar refractivity (Wildman–Crippen MR) is 159 cm³/mol. The summed E-state index contributed by atoms with van der Waals surface area (Å²) in [7, 11) is 4.92. The van der Waals surface area contributed by atoms with Crippen LogP contribution in [0.1, 0.15) is 11.1 Å². The third-order valence-corrected chi connectivity index (χ3v) is 6.94. The average molecular weight is 552 g/mol. The van der Waals surface area contributed by atoms with Crippen LogP contribution in [-0.2, 0) is 6.61 Å². The molecule has 0 bridgehead atoms. The predicted octanol–water partition coefficient (Wildman–Crippen LogP) is 6.94. The minimum atomic E-state index is 0.431. The molecule has 0 aliphatic heterocycles. The summed E-state index contributed by atoms with van der Waals surface area (Å²) in [6.07, 6.45) is 1.79. The number of aromatic nitrogens is 1. The molecule has 0 amide bonds. The molecule has 0 saturated heterocycles. The maximum Gasteiger partial charge on any atom is 0.211 e. The highest BCUT2D eigenvalue weighted by Gasteiger charge is 2.10. The summed E-state index contributed by atoms with van der Waals surface area (Å²) >= 11 is 1.50. The summed E-state index contributed by atoms with van der Waals surface area (Å²) in [6, 6.07) is 31.3. The molecule has 0 unspecified atom stereocenters. The van der Waals surface area contributed by atoms with E-state index in [9.17, 15) is 0 Å². The van der Waals surface area contributed by atoms with Crippen LogP contribution in [-0.4, -0.2) is 32.2 Å². The molecule has 8 heteroatoms. The maximum atomic E-state index is 6.10. The first-order chi connectivity index (χ1) is 19.7. The zero-order valence-corrected chi connectivity index (χ0v) is 23.3. The smallest absolute Gasteiger partial charge is 0.211 e. The van der Waals surface area contributed by atoms with Crippen LogP contribution in [0.2, 0.25) is 0 Å². The van der Waals surface area contributed by atoms with E-state index in [2.05, 4.69) is 0 Å². The number of hydrogen-bond donors (Lipinski definition) is 0. The lowest BCUT2D eigenvalue weighted by Crippen LogP contribution is -2.11. The molecular formula is C32H29N3O4S. The molecule has 40 heavy (non-hydrogen) atoms. The monoisotopic (exact) mass is 551 g/mol. The third-order valence-electron chi connectivity index (χ3n) is 6.12. The third kappa shape index (κ3) is 6.24. The van der Waals surface area contributed by atoms with Gasteiger partial charge in [0.15, 0.2) is 11.5 Å². The van der Waals surface area contributed by atoms with E-state index in [1.807, 2.05) is 107 Å². The second-order valence-corrected chi connectivity index (χ2v) is 9.49. The van der Waals surface area contributed by atoms with Crippen molar-refractivity contribution in [2.24, 2.45) is 10.1 Å². The second-order valence-electron chi connectivity index (χ2n) is 8.66. The SMILES string of the molecule is COc1ccc(-c2csc(=Nc3ccccc3OC)n2N=Cc2ccc(OC)c(OCc3ccccc3)c2)cc1. The lowest BCUT2D eigenvalue weighted by molar-refractivity contribution is 0.284. The summed E-state index contributed by atoms with van der Waals surface area (Å²) < 4.78 is 24.3. The molecule has 1 heterocycles. The molecule has 5 aromatic rings. The summed E-state index contributed by atoms with van der Waals surface area (Å²) in [5, 5.41) is 6.90. The Hall–Kier alpha value is -4.82. The Kier molecular flexibility index (Phi) is 8.58. The van der Waals surface area contributed by atoms with Crippen LogP contribution in [0, 0.1) is 0 Å². The van der Waals surface area contributed by atoms with E-state index in [1.54, 1.807) is 27.5 Å². The van der Waals surface area contributed by atoms with Crippen LogP contribution in [0.25, 0.3) is 11.3 Å². The fourth-order valence-electron chi connectivity index (χ4n) is 4.02. The van der Waals surface area contributed by atoms with Crippen molar-refractivity contribution in [1.29, 1.82) is 0 Å². The first-order valence-electron chi connectivity index (χ1n) is 12.6. The molecular weight excluding hydrogens is 522 g/mol. The Morgan fingerprint density at radius 2 is 1.50 bits per heavy atom. The van der Waals surface area contributed by atoms with Crippen LogP contribution in [0.15, 0.2) is 113 Å². The standard InChI is InChI=1S/C32H29N3O4S/c1-36-26-16-14-25(15-17-26)28-22-40-32(34-27-11-7-8-12-29(27)37-2)35(28)33-20-24-13-18-30(38-3)31(19-24)39-21-23-9-5-4-6-10-23/h4-20,22H,21H2,1-3H3. The molecule has 5 rings (SSSR count). The van der Waals surface area contributed by atoms with E-state index in [0.29, 0.717) is 28.7 Å². The van der Waals surface area contributed by atoms with Gasteiger partial charge in [0.05, 0.1) is 33.2 Å². The number of nitrogens with zero attached hydrogens (tertiary/aromatic N) is 3. The Morgan fingerprint density at radius 1 is 0.750 bits per heavy atom.